The van der Waals surface area contributed by atoms with Gasteiger partial charge in [-0.05, 0) is 51.8 Å². The number of ether oxygens (including phenoxy) is 3. The van der Waals surface area contributed by atoms with Crippen molar-refractivity contribution in [2.24, 2.45) is 5.10 Å². The summed E-state index contributed by atoms with van der Waals surface area (Å²) in [4.78, 5) is 12.7. The van der Waals surface area contributed by atoms with Gasteiger partial charge in [0.1, 0.15) is 19.0 Å². The average molecular weight is 530 g/mol. The van der Waals surface area contributed by atoms with Crippen molar-refractivity contribution in [2.75, 3.05) is 13.7 Å². The zero-order chi connectivity index (χ0) is 23.6. The van der Waals surface area contributed by atoms with Gasteiger partial charge in [0.05, 0.1) is 23.4 Å². The molecule has 0 spiro atoms. The molecule has 6 nitrogen and oxygen atoms in total. The van der Waals surface area contributed by atoms with E-state index in [9.17, 15) is 4.79 Å². The van der Waals surface area contributed by atoms with Gasteiger partial charge in [0.2, 0.25) is 0 Å². The first-order valence-corrected chi connectivity index (χ1v) is 11.1. The third kappa shape index (κ3) is 6.60. The van der Waals surface area contributed by atoms with Crippen LogP contribution in [0.3, 0.4) is 0 Å². The molecule has 0 bridgehead atoms. The number of hydrogen-bond donors (Lipinski definition) is 1. The molecule has 1 N–H and O–H groups in total. The van der Waals surface area contributed by atoms with Gasteiger partial charge in [-0.1, -0.05) is 54.6 Å². The lowest BCUT2D eigenvalue weighted by atomic mass is 10.2. The lowest BCUT2D eigenvalue weighted by molar-refractivity contribution is 0.0950. The maximum atomic E-state index is 12.7. The number of amides is 1. The molecule has 0 aromatic heterocycles. The smallest absolute Gasteiger partial charge is 0.275 e. The largest absolute Gasteiger partial charge is 0.493 e. The highest BCUT2D eigenvalue weighted by molar-refractivity contribution is 9.10. The van der Waals surface area contributed by atoms with Crippen LogP contribution in [0.1, 0.15) is 21.5 Å². The molecule has 1 amide bonds. The van der Waals surface area contributed by atoms with Gasteiger partial charge in [0.25, 0.3) is 5.91 Å². The van der Waals surface area contributed by atoms with Crippen LogP contribution in [-0.2, 0) is 6.61 Å². The third-order valence-corrected chi connectivity index (χ3v) is 5.41. The number of hydrazone groups is 1. The topological polar surface area (TPSA) is 69.2 Å². The number of benzene rings is 3. The monoisotopic (exact) mass is 528 g/mol. The Morgan fingerprint density at radius 1 is 1.12 bits per heavy atom. The van der Waals surface area contributed by atoms with Crippen molar-refractivity contribution in [3.05, 3.63) is 99.5 Å². The minimum Gasteiger partial charge on any atom is -0.493 e. The van der Waals surface area contributed by atoms with Crippen LogP contribution in [0.15, 0.2) is 82.9 Å². The second-order valence-electron chi connectivity index (χ2n) is 6.71. The van der Waals surface area contributed by atoms with Gasteiger partial charge in [-0.25, -0.2) is 5.43 Å². The Kier molecular flexibility index (Phi) is 8.92. The number of methoxy groups -OCH3 is 1. The van der Waals surface area contributed by atoms with Crippen LogP contribution in [0.5, 0.6) is 17.2 Å². The average Bonchev–Trinajstić information content (AvgIpc) is 2.82. The Morgan fingerprint density at radius 2 is 1.88 bits per heavy atom. The number of nitrogens with zero attached hydrogens (tertiary/aromatic N) is 1. The molecular weight excluding hydrogens is 508 g/mol. The molecule has 0 radical (unpaired) electrons. The second-order valence-corrected chi connectivity index (χ2v) is 7.97. The van der Waals surface area contributed by atoms with Crippen molar-refractivity contribution in [3.8, 4) is 17.2 Å². The van der Waals surface area contributed by atoms with Crippen molar-refractivity contribution in [1.29, 1.82) is 0 Å². The Hall–Kier alpha value is -3.29. The van der Waals surface area contributed by atoms with Crippen LogP contribution in [0, 0.1) is 0 Å². The SMILES string of the molecule is C=CCOc1c(Br)cc(/C=N/NC(=O)c2ccccc2OCc2ccccc2Cl)cc1OC. The summed E-state index contributed by atoms with van der Waals surface area (Å²) in [5.41, 5.74) is 4.41. The molecule has 170 valence electrons. The fourth-order valence-electron chi connectivity index (χ4n) is 2.87. The van der Waals surface area contributed by atoms with Crippen LogP contribution in [-0.4, -0.2) is 25.8 Å². The molecular formula is C25H22BrClN2O4. The predicted molar refractivity (Wildman–Crippen MR) is 134 cm³/mol. The maximum absolute atomic E-state index is 12.7. The summed E-state index contributed by atoms with van der Waals surface area (Å²) >= 11 is 9.65. The van der Waals surface area contributed by atoms with E-state index >= 15 is 0 Å². The molecule has 0 unspecified atom stereocenters. The molecule has 0 atom stereocenters. The first-order valence-electron chi connectivity index (χ1n) is 9.93. The Bertz CT molecular complexity index is 1170. The van der Waals surface area contributed by atoms with E-state index in [1.165, 1.54) is 6.21 Å². The summed E-state index contributed by atoms with van der Waals surface area (Å²) in [6.07, 6.45) is 3.16. The number of rotatable bonds is 10. The third-order valence-electron chi connectivity index (χ3n) is 4.45. The molecule has 0 aliphatic rings. The first-order chi connectivity index (χ1) is 16.0. The quantitative estimate of drug-likeness (QED) is 0.198. The van der Waals surface area contributed by atoms with Crippen molar-refractivity contribution in [2.45, 2.75) is 6.61 Å². The molecule has 8 heteroatoms. The molecule has 3 aromatic carbocycles. The molecule has 33 heavy (non-hydrogen) atoms. The molecule has 0 aliphatic heterocycles. The van der Waals surface area contributed by atoms with Gasteiger partial charge in [-0.15, -0.1) is 0 Å². The number of carbonyl (C=O) groups excluding carboxylic acids is 1. The number of carbonyl (C=O) groups is 1. The molecule has 0 saturated carbocycles. The summed E-state index contributed by atoms with van der Waals surface area (Å²) in [7, 11) is 1.55. The fraction of sp³-hybridized carbons (Fsp3) is 0.120. The standard InChI is InChI=1S/C25H22BrClN2O4/c1-3-12-32-24-20(26)13-17(14-23(24)31-2)15-28-29-25(30)19-9-5-7-11-22(19)33-16-18-8-4-6-10-21(18)27/h3-11,13-15H,1,12,16H2,2H3,(H,29,30)/b28-15+. The summed E-state index contributed by atoms with van der Waals surface area (Å²) in [6.45, 7) is 4.22. The van der Waals surface area contributed by atoms with Gasteiger partial charge < -0.3 is 14.2 Å². The molecule has 0 fully saturated rings. The zero-order valence-electron chi connectivity index (χ0n) is 17.9. The summed E-state index contributed by atoms with van der Waals surface area (Å²) < 4.78 is 17.5. The lowest BCUT2D eigenvalue weighted by Crippen LogP contribution is -2.18. The van der Waals surface area contributed by atoms with Gasteiger partial charge in [-0.3, -0.25) is 4.79 Å². The summed E-state index contributed by atoms with van der Waals surface area (Å²) in [6, 6.07) is 17.9. The van der Waals surface area contributed by atoms with Crippen LogP contribution < -0.4 is 19.6 Å². The minimum absolute atomic E-state index is 0.237. The van der Waals surface area contributed by atoms with E-state index in [0.717, 1.165) is 5.56 Å². The Balaban J connectivity index is 1.69. The van der Waals surface area contributed by atoms with E-state index in [0.29, 0.717) is 44.5 Å². The lowest BCUT2D eigenvalue weighted by Gasteiger charge is -2.12. The number of nitrogens with one attached hydrogen (secondary N) is 1. The highest BCUT2D eigenvalue weighted by atomic mass is 79.9. The van der Waals surface area contributed by atoms with E-state index < -0.39 is 5.91 Å². The number of halogens is 2. The molecule has 0 heterocycles. The van der Waals surface area contributed by atoms with Gasteiger partial charge in [0, 0.05) is 10.6 Å². The van der Waals surface area contributed by atoms with E-state index in [1.807, 2.05) is 18.2 Å². The van der Waals surface area contributed by atoms with E-state index in [2.05, 4.69) is 33.0 Å². The normalized spacial score (nSPS) is 10.6. The summed E-state index contributed by atoms with van der Waals surface area (Å²) in [5.74, 6) is 1.11. The molecule has 0 saturated heterocycles. The van der Waals surface area contributed by atoms with E-state index in [4.69, 9.17) is 25.8 Å². The highest BCUT2D eigenvalue weighted by Crippen LogP contribution is 2.36. The molecule has 3 aromatic rings. The van der Waals surface area contributed by atoms with Crippen LogP contribution in [0.4, 0.5) is 0 Å². The van der Waals surface area contributed by atoms with E-state index in [1.54, 1.807) is 55.7 Å². The van der Waals surface area contributed by atoms with Crippen LogP contribution >= 0.6 is 27.5 Å². The molecule has 0 aliphatic carbocycles. The Labute approximate surface area is 205 Å². The van der Waals surface area contributed by atoms with Crippen molar-refractivity contribution in [1.82, 2.24) is 5.43 Å². The highest BCUT2D eigenvalue weighted by Gasteiger charge is 2.13. The maximum Gasteiger partial charge on any atom is 0.275 e. The predicted octanol–water partition coefficient (Wildman–Crippen LogP) is 6.02. The van der Waals surface area contributed by atoms with Crippen molar-refractivity contribution >= 4 is 39.7 Å². The van der Waals surface area contributed by atoms with Crippen molar-refractivity contribution < 1.29 is 19.0 Å². The number of hydrogen-bond acceptors (Lipinski definition) is 5. The van der Waals surface area contributed by atoms with Gasteiger partial charge in [-0.2, -0.15) is 5.10 Å². The van der Waals surface area contributed by atoms with Gasteiger partial charge in [0.15, 0.2) is 11.5 Å². The van der Waals surface area contributed by atoms with Gasteiger partial charge >= 0.3 is 0 Å². The number of para-hydroxylation sites is 1. The zero-order valence-corrected chi connectivity index (χ0v) is 20.2. The summed E-state index contributed by atoms with van der Waals surface area (Å²) in [5, 5.41) is 4.67. The van der Waals surface area contributed by atoms with E-state index in [-0.39, 0.29) is 6.61 Å². The minimum atomic E-state index is -0.405. The van der Waals surface area contributed by atoms with Crippen LogP contribution in [0.25, 0.3) is 0 Å². The Morgan fingerprint density at radius 3 is 2.64 bits per heavy atom. The van der Waals surface area contributed by atoms with Crippen LogP contribution in [0.2, 0.25) is 5.02 Å². The molecule has 3 rings (SSSR count). The van der Waals surface area contributed by atoms with Crippen molar-refractivity contribution in [3.63, 3.8) is 0 Å². The first kappa shape index (κ1) is 24.4. The fourth-order valence-corrected chi connectivity index (χ4v) is 3.64. The second kappa shape index (κ2) is 12.1.